The van der Waals surface area contributed by atoms with Crippen LogP contribution in [0.25, 0.3) is 22.6 Å². The van der Waals surface area contributed by atoms with E-state index in [0.717, 1.165) is 21.7 Å². The number of nitrogens with zero attached hydrogens (tertiary/aromatic N) is 2. The Labute approximate surface area is 284 Å². The Morgan fingerprint density at radius 3 is 2.60 bits per heavy atom. The van der Waals surface area contributed by atoms with Gasteiger partial charge in [-0.2, -0.15) is 0 Å². The maximum atomic E-state index is 14.2. The molecule has 1 atom stereocenters. The van der Waals surface area contributed by atoms with Crippen molar-refractivity contribution in [2.24, 2.45) is 0 Å². The summed E-state index contributed by atoms with van der Waals surface area (Å²) >= 11 is 1.62. The van der Waals surface area contributed by atoms with Crippen LogP contribution in [0.1, 0.15) is 55.1 Å². The molecule has 0 saturated heterocycles. The number of amides is 3. The number of carbonyl (C=O) groups excluding carboxylic acids is 3. The first kappa shape index (κ1) is 35.1. The predicted molar refractivity (Wildman–Crippen MR) is 187 cm³/mol. The van der Waals surface area contributed by atoms with Gasteiger partial charge in [0.05, 0.1) is 31.4 Å². The molecule has 1 unspecified atom stereocenters. The summed E-state index contributed by atoms with van der Waals surface area (Å²) < 4.78 is 6.08. The van der Waals surface area contributed by atoms with Crippen molar-refractivity contribution in [3.05, 3.63) is 77.4 Å². The van der Waals surface area contributed by atoms with Gasteiger partial charge in [0, 0.05) is 34.7 Å². The van der Waals surface area contributed by atoms with E-state index in [1.54, 1.807) is 34.9 Å². The molecule has 3 amide bonds. The minimum atomic E-state index is -0.755. The van der Waals surface area contributed by atoms with Crippen molar-refractivity contribution in [1.82, 2.24) is 20.9 Å². The second kappa shape index (κ2) is 15.3. The second-order valence-electron chi connectivity index (χ2n) is 12.5. The molecule has 0 spiro atoms. The lowest BCUT2D eigenvalue weighted by molar-refractivity contribution is -0.128. The van der Waals surface area contributed by atoms with Gasteiger partial charge in [-0.3, -0.25) is 14.4 Å². The average Bonchev–Trinajstić information content (AvgIpc) is 3.45. The minimum Gasteiger partial charge on any atom is -0.436 e. The Hall–Kier alpha value is -4.23. The van der Waals surface area contributed by atoms with Gasteiger partial charge in [0.1, 0.15) is 11.6 Å². The van der Waals surface area contributed by atoms with E-state index >= 15 is 0 Å². The van der Waals surface area contributed by atoms with E-state index in [2.05, 4.69) is 16.0 Å². The van der Waals surface area contributed by atoms with Gasteiger partial charge >= 0.3 is 0 Å². The zero-order chi connectivity index (χ0) is 34.4. The van der Waals surface area contributed by atoms with Crippen LogP contribution in [0, 0.1) is 0 Å². The molecule has 1 aliphatic heterocycles. The van der Waals surface area contributed by atoms with Crippen LogP contribution < -0.4 is 20.9 Å². The molecule has 2 heterocycles. The number of nitrogens with one attached hydrogen (secondary N) is 3. The molecule has 254 valence electrons. The lowest BCUT2D eigenvalue weighted by atomic mass is 9.98. The topological polar surface area (TPSA) is 157 Å². The number of anilines is 1. The molecule has 0 radical (unpaired) electrons. The molecule has 0 bridgehead atoms. The van der Waals surface area contributed by atoms with E-state index in [1.165, 1.54) is 0 Å². The van der Waals surface area contributed by atoms with Crippen molar-refractivity contribution in [2.45, 2.75) is 69.1 Å². The smallest absolute Gasteiger partial charge is 0.252 e. The number of hydrogen-bond donors (Lipinski definition) is 5. The Kier molecular flexibility index (Phi) is 11.2. The summed E-state index contributed by atoms with van der Waals surface area (Å²) in [5, 5.41) is 27.9. The molecule has 0 aliphatic carbocycles. The van der Waals surface area contributed by atoms with E-state index in [0.29, 0.717) is 47.5 Å². The molecule has 0 saturated carbocycles. The van der Waals surface area contributed by atoms with Crippen LogP contribution in [-0.4, -0.2) is 76.6 Å². The third-order valence-corrected chi connectivity index (χ3v) is 9.19. The summed E-state index contributed by atoms with van der Waals surface area (Å²) in [5.74, 6) is -0.401. The molecule has 12 heteroatoms. The number of aromatic nitrogens is 1. The predicted octanol–water partition coefficient (Wildman–Crippen LogP) is 4.04. The van der Waals surface area contributed by atoms with Gasteiger partial charge in [-0.15, -0.1) is 11.8 Å². The summed E-state index contributed by atoms with van der Waals surface area (Å²) in [6.07, 6.45) is 3.10. The largest absolute Gasteiger partial charge is 0.436 e. The van der Waals surface area contributed by atoms with Gasteiger partial charge in [0.15, 0.2) is 5.58 Å². The molecule has 4 aromatic rings. The highest BCUT2D eigenvalue weighted by atomic mass is 32.2. The van der Waals surface area contributed by atoms with Crippen LogP contribution in [-0.2, 0) is 22.6 Å². The van der Waals surface area contributed by atoms with Crippen LogP contribution in [0.5, 0.6) is 0 Å². The molecule has 1 aromatic heterocycles. The number of benzene rings is 3. The lowest BCUT2D eigenvalue weighted by Gasteiger charge is -2.31. The Morgan fingerprint density at radius 2 is 1.88 bits per heavy atom. The van der Waals surface area contributed by atoms with Gasteiger partial charge in [-0.25, -0.2) is 4.98 Å². The highest BCUT2D eigenvalue weighted by Crippen LogP contribution is 2.36. The van der Waals surface area contributed by atoms with Gasteiger partial charge < -0.3 is 35.5 Å². The first-order valence-corrected chi connectivity index (χ1v) is 17.3. The summed E-state index contributed by atoms with van der Waals surface area (Å²) in [4.78, 5) is 47.7. The first-order valence-electron chi connectivity index (χ1n) is 16.1. The SMILES string of the molecule is CCNC(=O)c1ccccc1-c1nc2cc(CN3C(=O)C(NC(=O)CC(C)(C)NC(CO)CO)CCc4c(SC)cccc43)ccc2o1. The zero-order valence-electron chi connectivity index (χ0n) is 27.7. The fraction of sp³-hybridized carbons (Fsp3) is 0.389. The molecule has 48 heavy (non-hydrogen) atoms. The van der Waals surface area contributed by atoms with E-state index in [-0.39, 0.29) is 43.9 Å². The lowest BCUT2D eigenvalue weighted by Crippen LogP contribution is -2.53. The fourth-order valence-corrected chi connectivity index (χ4v) is 6.83. The number of oxazole rings is 1. The second-order valence-corrected chi connectivity index (χ2v) is 13.4. The van der Waals surface area contributed by atoms with Crippen molar-refractivity contribution in [2.75, 3.05) is 30.9 Å². The Morgan fingerprint density at radius 1 is 1.10 bits per heavy atom. The number of thioether (sulfide) groups is 1. The summed E-state index contributed by atoms with van der Waals surface area (Å²) in [7, 11) is 0. The van der Waals surface area contributed by atoms with Gasteiger partial charge in [-0.05, 0) is 87.4 Å². The molecule has 5 N–H and O–H groups in total. The van der Waals surface area contributed by atoms with Gasteiger partial charge in [0.25, 0.3) is 5.91 Å². The quantitative estimate of drug-likeness (QED) is 0.132. The number of carbonyl (C=O) groups is 3. The fourth-order valence-electron chi connectivity index (χ4n) is 6.16. The first-order chi connectivity index (χ1) is 23.1. The van der Waals surface area contributed by atoms with Crippen LogP contribution in [0.3, 0.4) is 0 Å². The van der Waals surface area contributed by atoms with E-state index < -0.39 is 17.6 Å². The number of fused-ring (bicyclic) bond motifs is 2. The van der Waals surface area contributed by atoms with E-state index in [9.17, 15) is 24.6 Å². The van der Waals surface area contributed by atoms with Crippen LogP contribution >= 0.6 is 11.8 Å². The van der Waals surface area contributed by atoms with Crippen molar-refractivity contribution >= 4 is 46.3 Å². The van der Waals surface area contributed by atoms with Crippen molar-refractivity contribution in [1.29, 1.82) is 0 Å². The Bertz CT molecular complexity index is 1790. The van der Waals surface area contributed by atoms with Crippen LogP contribution in [0.2, 0.25) is 0 Å². The van der Waals surface area contributed by atoms with Crippen LogP contribution in [0.15, 0.2) is 70.0 Å². The van der Waals surface area contributed by atoms with Gasteiger partial charge in [0.2, 0.25) is 17.7 Å². The van der Waals surface area contributed by atoms with Crippen molar-refractivity contribution < 1.29 is 29.0 Å². The van der Waals surface area contributed by atoms with Crippen LogP contribution in [0.4, 0.5) is 5.69 Å². The minimum absolute atomic E-state index is 0.0463. The number of aliphatic hydroxyl groups is 2. The highest BCUT2D eigenvalue weighted by molar-refractivity contribution is 7.98. The van der Waals surface area contributed by atoms with E-state index in [1.807, 2.05) is 69.5 Å². The number of hydrogen-bond acceptors (Lipinski definition) is 9. The maximum Gasteiger partial charge on any atom is 0.252 e. The highest BCUT2D eigenvalue weighted by Gasteiger charge is 2.34. The molecule has 3 aromatic carbocycles. The molecular formula is C36H43N5O6S. The molecule has 1 aliphatic rings. The molecule has 0 fully saturated rings. The monoisotopic (exact) mass is 673 g/mol. The van der Waals surface area contributed by atoms with Crippen molar-refractivity contribution in [3.63, 3.8) is 0 Å². The average molecular weight is 674 g/mol. The maximum absolute atomic E-state index is 14.2. The standard InChI is InChI=1S/C36H43N5O6S/c1-5-37-33(45)24-9-6-7-10-25(24)34-39-28-17-22(13-16-30(28)47-34)19-41-29-11-8-12-31(48-4)26(29)14-15-27(35(41)46)38-32(44)18-36(2,3)40-23(20-42)21-43/h6-13,16-17,23,27,40,42-43H,5,14-15,18-21H2,1-4H3,(H,37,45)(H,38,44). The number of rotatable bonds is 13. The van der Waals surface area contributed by atoms with Gasteiger partial charge in [-0.1, -0.05) is 24.3 Å². The third-order valence-electron chi connectivity index (χ3n) is 8.37. The third kappa shape index (κ3) is 7.90. The number of aliphatic hydroxyl groups excluding tert-OH is 2. The van der Waals surface area contributed by atoms with Crippen molar-refractivity contribution in [3.8, 4) is 11.5 Å². The molecule has 5 rings (SSSR count). The summed E-state index contributed by atoms with van der Waals surface area (Å²) in [6.45, 7) is 5.70. The normalized spacial score (nSPS) is 15.0. The molecule has 11 nitrogen and oxygen atoms in total. The molecular weight excluding hydrogens is 630 g/mol. The summed E-state index contributed by atoms with van der Waals surface area (Å²) in [5.41, 5.74) is 4.15. The Balaban J connectivity index is 1.42. The summed E-state index contributed by atoms with van der Waals surface area (Å²) in [6, 6.07) is 17.4. The van der Waals surface area contributed by atoms with E-state index in [4.69, 9.17) is 9.40 Å². The zero-order valence-corrected chi connectivity index (χ0v) is 28.5.